The first-order valence-corrected chi connectivity index (χ1v) is 9.41. The standard InChI is InChI=1S/C16H24N4O4S/c1-11-9-13(19-24-11)18-16(23)12(2)25-10-14(21)17-6-4-8-20-7-3-5-15(20)22/h9,12H,3-8,10H2,1-2H3,(H,17,21)(H,18,19,23). The molecular formula is C16H24N4O4S. The quantitative estimate of drug-likeness (QED) is 0.634. The van der Waals surface area contributed by atoms with Crippen LogP contribution in [0.4, 0.5) is 5.82 Å². The molecule has 138 valence electrons. The van der Waals surface area contributed by atoms with Crippen molar-refractivity contribution in [2.45, 2.75) is 38.4 Å². The maximum Gasteiger partial charge on any atom is 0.238 e. The molecule has 1 aromatic heterocycles. The van der Waals surface area contributed by atoms with E-state index in [0.29, 0.717) is 31.1 Å². The molecule has 2 heterocycles. The van der Waals surface area contributed by atoms with Crippen molar-refractivity contribution < 1.29 is 18.9 Å². The molecule has 0 aromatic carbocycles. The van der Waals surface area contributed by atoms with E-state index in [0.717, 1.165) is 19.4 Å². The van der Waals surface area contributed by atoms with Crippen LogP contribution in [-0.4, -0.2) is 58.4 Å². The summed E-state index contributed by atoms with van der Waals surface area (Å²) < 4.78 is 4.88. The Morgan fingerprint density at radius 2 is 2.28 bits per heavy atom. The van der Waals surface area contributed by atoms with Crippen molar-refractivity contribution >= 4 is 35.3 Å². The minimum atomic E-state index is -0.384. The van der Waals surface area contributed by atoms with Crippen molar-refractivity contribution in [3.8, 4) is 0 Å². The van der Waals surface area contributed by atoms with E-state index in [1.54, 1.807) is 19.9 Å². The Balaban J connectivity index is 1.57. The smallest absolute Gasteiger partial charge is 0.238 e. The number of aryl methyl sites for hydroxylation is 1. The van der Waals surface area contributed by atoms with E-state index in [2.05, 4.69) is 15.8 Å². The lowest BCUT2D eigenvalue weighted by Gasteiger charge is -2.15. The van der Waals surface area contributed by atoms with E-state index in [-0.39, 0.29) is 28.7 Å². The average molecular weight is 368 g/mol. The first-order chi connectivity index (χ1) is 12.0. The van der Waals surface area contributed by atoms with Crippen molar-refractivity contribution in [3.63, 3.8) is 0 Å². The van der Waals surface area contributed by atoms with Crippen molar-refractivity contribution in [2.24, 2.45) is 0 Å². The van der Waals surface area contributed by atoms with E-state index in [9.17, 15) is 14.4 Å². The zero-order chi connectivity index (χ0) is 18.2. The zero-order valence-corrected chi connectivity index (χ0v) is 15.4. The Morgan fingerprint density at radius 3 is 2.92 bits per heavy atom. The van der Waals surface area contributed by atoms with E-state index in [1.165, 1.54) is 11.8 Å². The molecule has 25 heavy (non-hydrogen) atoms. The summed E-state index contributed by atoms with van der Waals surface area (Å²) in [4.78, 5) is 37.1. The molecule has 9 heteroatoms. The van der Waals surface area contributed by atoms with Gasteiger partial charge in [-0.1, -0.05) is 5.16 Å². The van der Waals surface area contributed by atoms with Crippen LogP contribution in [-0.2, 0) is 14.4 Å². The number of hydrogen-bond acceptors (Lipinski definition) is 6. The molecular weight excluding hydrogens is 344 g/mol. The fourth-order valence-corrected chi connectivity index (χ4v) is 3.13. The summed E-state index contributed by atoms with van der Waals surface area (Å²) in [5.41, 5.74) is 0. The fourth-order valence-electron chi connectivity index (χ4n) is 2.42. The van der Waals surface area contributed by atoms with Crippen molar-refractivity contribution in [2.75, 3.05) is 30.7 Å². The van der Waals surface area contributed by atoms with Crippen LogP contribution >= 0.6 is 11.8 Å². The second-order valence-electron chi connectivity index (χ2n) is 5.95. The van der Waals surface area contributed by atoms with Gasteiger partial charge in [-0.2, -0.15) is 0 Å². The van der Waals surface area contributed by atoms with Gasteiger partial charge >= 0.3 is 0 Å². The van der Waals surface area contributed by atoms with Gasteiger partial charge < -0.3 is 20.1 Å². The number of carbonyl (C=O) groups is 3. The zero-order valence-electron chi connectivity index (χ0n) is 14.5. The maximum absolute atomic E-state index is 12.0. The number of aromatic nitrogens is 1. The molecule has 1 unspecified atom stereocenters. The van der Waals surface area contributed by atoms with E-state index in [4.69, 9.17) is 4.52 Å². The van der Waals surface area contributed by atoms with Gasteiger partial charge in [-0.25, -0.2) is 0 Å². The number of hydrogen-bond donors (Lipinski definition) is 2. The number of likely N-dealkylation sites (tertiary alicyclic amines) is 1. The Labute approximate surface area is 151 Å². The number of amides is 3. The third kappa shape index (κ3) is 6.41. The van der Waals surface area contributed by atoms with Gasteiger partial charge in [0.25, 0.3) is 0 Å². The molecule has 1 aliphatic rings. The number of carbonyl (C=O) groups excluding carboxylic acids is 3. The molecule has 1 atom stereocenters. The van der Waals surface area contributed by atoms with Crippen LogP contribution in [0.15, 0.2) is 10.6 Å². The monoisotopic (exact) mass is 368 g/mol. The summed E-state index contributed by atoms with van der Waals surface area (Å²) in [5.74, 6) is 1.05. The Bertz CT molecular complexity index is 619. The van der Waals surface area contributed by atoms with Crippen LogP contribution in [0.1, 0.15) is 31.9 Å². The number of anilines is 1. The summed E-state index contributed by atoms with van der Waals surface area (Å²) in [6.45, 7) is 5.51. The third-order valence-corrected chi connectivity index (χ3v) is 4.95. The normalized spacial score (nSPS) is 15.3. The first-order valence-electron chi connectivity index (χ1n) is 8.36. The highest BCUT2D eigenvalue weighted by Gasteiger charge is 2.19. The first kappa shape index (κ1) is 19.3. The van der Waals surface area contributed by atoms with E-state index >= 15 is 0 Å². The molecule has 2 N–H and O–H groups in total. The van der Waals surface area contributed by atoms with Crippen molar-refractivity contribution in [1.82, 2.24) is 15.4 Å². The third-order valence-electron chi connectivity index (χ3n) is 3.81. The minimum absolute atomic E-state index is 0.116. The maximum atomic E-state index is 12.0. The molecule has 3 amide bonds. The highest BCUT2D eigenvalue weighted by Crippen LogP contribution is 2.14. The van der Waals surface area contributed by atoms with Crippen LogP contribution in [0.2, 0.25) is 0 Å². The number of rotatable bonds is 9. The second kappa shape index (κ2) is 9.45. The molecule has 0 radical (unpaired) electrons. The molecule has 0 spiro atoms. The second-order valence-corrected chi connectivity index (χ2v) is 7.28. The summed E-state index contributed by atoms with van der Waals surface area (Å²) in [6, 6.07) is 1.63. The van der Waals surface area contributed by atoms with E-state index < -0.39 is 0 Å². The fraction of sp³-hybridized carbons (Fsp3) is 0.625. The van der Waals surface area contributed by atoms with Crippen molar-refractivity contribution in [1.29, 1.82) is 0 Å². The van der Waals surface area contributed by atoms with Crippen LogP contribution < -0.4 is 10.6 Å². The molecule has 2 rings (SSSR count). The molecule has 1 aliphatic heterocycles. The molecule has 1 saturated heterocycles. The predicted octanol–water partition coefficient (Wildman–Crippen LogP) is 1.17. The van der Waals surface area contributed by atoms with E-state index in [1.807, 2.05) is 4.90 Å². The molecule has 0 saturated carbocycles. The van der Waals surface area contributed by atoms with Gasteiger partial charge in [0.1, 0.15) is 5.76 Å². The van der Waals surface area contributed by atoms with Crippen LogP contribution in [0, 0.1) is 6.92 Å². The van der Waals surface area contributed by atoms with Gasteiger partial charge in [-0.15, -0.1) is 11.8 Å². The van der Waals surface area contributed by atoms with Gasteiger partial charge in [0.2, 0.25) is 17.7 Å². The van der Waals surface area contributed by atoms with Gasteiger partial charge in [0, 0.05) is 32.1 Å². The van der Waals surface area contributed by atoms with Gasteiger partial charge in [0.05, 0.1) is 11.0 Å². The van der Waals surface area contributed by atoms with Crippen LogP contribution in [0.5, 0.6) is 0 Å². The molecule has 0 bridgehead atoms. The van der Waals surface area contributed by atoms with Crippen LogP contribution in [0.25, 0.3) is 0 Å². The van der Waals surface area contributed by atoms with Gasteiger partial charge in [0.15, 0.2) is 5.82 Å². The highest BCUT2D eigenvalue weighted by molar-refractivity contribution is 8.01. The lowest BCUT2D eigenvalue weighted by molar-refractivity contribution is -0.127. The molecule has 0 aliphatic carbocycles. The summed E-state index contributed by atoms with van der Waals surface area (Å²) in [5, 5.41) is 8.77. The Hall–Kier alpha value is -2.03. The molecule has 1 fully saturated rings. The van der Waals surface area contributed by atoms with Crippen LogP contribution in [0.3, 0.4) is 0 Å². The lowest BCUT2D eigenvalue weighted by Crippen LogP contribution is -2.32. The topological polar surface area (TPSA) is 105 Å². The largest absolute Gasteiger partial charge is 0.360 e. The lowest BCUT2D eigenvalue weighted by atomic mass is 10.4. The SMILES string of the molecule is Cc1cc(NC(=O)C(C)SCC(=O)NCCCN2CCCC2=O)no1. The van der Waals surface area contributed by atoms with Gasteiger partial charge in [-0.3, -0.25) is 14.4 Å². The number of nitrogens with one attached hydrogen (secondary N) is 2. The molecule has 8 nitrogen and oxygen atoms in total. The average Bonchev–Trinajstić information content (AvgIpc) is 3.17. The minimum Gasteiger partial charge on any atom is -0.360 e. The van der Waals surface area contributed by atoms with Crippen molar-refractivity contribution in [3.05, 3.63) is 11.8 Å². The summed E-state index contributed by atoms with van der Waals surface area (Å²) in [6.07, 6.45) is 2.30. The number of nitrogens with zero attached hydrogens (tertiary/aromatic N) is 2. The summed E-state index contributed by atoms with van der Waals surface area (Å²) >= 11 is 1.26. The Morgan fingerprint density at radius 1 is 1.48 bits per heavy atom. The predicted molar refractivity (Wildman–Crippen MR) is 95.2 cm³/mol. The number of thioether (sulfide) groups is 1. The highest BCUT2D eigenvalue weighted by atomic mass is 32.2. The summed E-state index contributed by atoms with van der Waals surface area (Å²) in [7, 11) is 0. The van der Waals surface area contributed by atoms with Gasteiger partial charge in [-0.05, 0) is 26.7 Å². The Kier molecular flexibility index (Phi) is 7.30. The molecule has 1 aromatic rings.